The van der Waals surface area contributed by atoms with Gasteiger partial charge in [0.1, 0.15) is 11.7 Å². The summed E-state index contributed by atoms with van der Waals surface area (Å²) >= 11 is 0. The van der Waals surface area contributed by atoms with E-state index in [1.807, 2.05) is 54.6 Å². The van der Waals surface area contributed by atoms with Crippen LogP contribution < -0.4 is 21.3 Å². The Labute approximate surface area is 244 Å². The van der Waals surface area contributed by atoms with Crippen molar-refractivity contribution in [2.24, 2.45) is 11.8 Å². The minimum atomic E-state index is -1.21. The van der Waals surface area contributed by atoms with Gasteiger partial charge in [0.2, 0.25) is 17.6 Å². The first-order chi connectivity index (χ1) is 20.4. The van der Waals surface area contributed by atoms with E-state index in [1.165, 1.54) is 0 Å². The maximum Gasteiger partial charge on any atom is 0.289 e. The lowest BCUT2D eigenvalue weighted by atomic mass is 9.80. The zero-order valence-electron chi connectivity index (χ0n) is 23.5. The van der Waals surface area contributed by atoms with Gasteiger partial charge in [-0.2, -0.15) is 0 Å². The second-order valence-corrected chi connectivity index (χ2v) is 11.3. The molecule has 1 aliphatic heterocycles. The number of para-hydroxylation sites is 1. The number of piperidine rings is 1. The van der Waals surface area contributed by atoms with E-state index in [4.69, 9.17) is 0 Å². The highest BCUT2D eigenvalue weighted by Crippen LogP contribution is 2.31. The fourth-order valence-corrected chi connectivity index (χ4v) is 5.60. The second-order valence-electron chi connectivity index (χ2n) is 11.3. The Morgan fingerprint density at radius 1 is 0.857 bits per heavy atom. The summed E-state index contributed by atoms with van der Waals surface area (Å²) in [6, 6.07) is 16.3. The van der Waals surface area contributed by atoms with Gasteiger partial charge in [0.25, 0.3) is 11.8 Å². The fraction of sp³-hybridized carbons (Fsp3) is 0.406. The number of Topliss-reactive ketones (excluding diaryl/α,β-unsaturated/α-hetero) is 1. The largest absolute Gasteiger partial charge is 0.356 e. The van der Waals surface area contributed by atoms with Gasteiger partial charge in [-0.3, -0.25) is 24.0 Å². The van der Waals surface area contributed by atoms with Crippen molar-refractivity contribution in [3.63, 3.8) is 0 Å². The van der Waals surface area contributed by atoms with Crippen molar-refractivity contribution in [1.29, 1.82) is 0 Å². The topological polar surface area (TPSA) is 149 Å². The number of H-pyrrole nitrogens is 1. The van der Waals surface area contributed by atoms with Crippen LogP contribution in [0.25, 0.3) is 10.9 Å². The molecule has 5 N–H and O–H groups in total. The first-order valence-corrected chi connectivity index (χ1v) is 14.7. The molecule has 5 rings (SSSR count). The number of benzene rings is 2. The first kappa shape index (κ1) is 29.0. The number of hydrogen-bond acceptors (Lipinski definition) is 5. The van der Waals surface area contributed by atoms with Gasteiger partial charge in [-0.25, -0.2) is 0 Å². The van der Waals surface area contributed by atoms with E-state index >= 15 is 0 Å². The van der Waals surface area contributed by atoms with E-state index in [0.717, 1.165) is 42.1 Å². The van der Waals surface area contributed by atoms with E-state index in [0.29, 0.717) is 25.1 Å². The molecule has 3 aromatic rings. The van der Waals surface area contributed by atoms with Crippen molar-refractivity contribution >= 4 is 40.3 Å². The number of ketones is 1. The maximum atomic E-state index is 13.7. The molecule has 42 heavy (non-hydrogen) atoms. The molecule has 3 atom stereocenters. The highest BCUT2D eigenvalue weighted by atomic mass is 16.2. The Balaban J connectivity index is 1.31. The Bertz CT molecular complexity index is 1410. The summed E-state index contributed by atoms with van der Waals surface area (Å²) < 4.78 is 0. The molecule has 1 aliphatic carbocycles. The summed E-state index contributed by atoms with van der Waals surface area (Å²) in [6.07, 6.45) is 4.70. The molecule has 10 nitrogen and oxygen atoms in total. The average molecular weight is 572 g/mol. The number of hydrogen-bond donors (Lipinski definition) is 5. The van der Waals surface area contributed by atoms with E-state index in [2.05, 4.69) is 26.3 Å². The smallest absolute Gasteiger partial charge is 0.289 e. The van der Waals surface area contributed by atoms with Crippen LogP contribution in [0.5, 0.6) is 0 Å². The molecule has 10 heteroatoms. The number of rotatable bonds is 12. The quantitative estimate of drug-likeness (QED) is 0.212. The molecule has 1 saturated carbocycles. The third kappa shape index (κ3) is 7.23. The molecule has 4 amide bonds. The van der Waals surface area contributed by atoms with Crippen LogP contribution in [0.15, 0.2) is 60.7 Å². The molecule has 2 heterocycles. The summed E-state index contributed by atoms with van der Waals surface area (Å²) in [5.74, 6) is -3.06. The lowest BCUT2D eigenvalue weighted by Crippen LogP contribution is -2.55. The number of aromatic nitrogens is 1. The minimum Gasteiger partial charge on any atom is -0.356 e. The van der Waals surface area contributed by atoms with E-state index < -0.39 is 41.5 Å². The third-order valence-corrected chi connectivity index (χ3v) is 8.26. The van der Waals surface area contributed by atoms with Gasteiger partial charge in [-0.05, 0) is 49.3 Å². The SMILES string of the molecule is O=C(NCc1ccccc1)C(=O)[C@H](C[C@@H]1CCCNC1=O)NC(=O)[C@H](CC1CCC1)NC(=O)c1cc2ccccc2[nH]1. The normalized spacial score (nSPS) is 18.3. The standard InChI is InChI=1S/C32H37N5O5/c38-28(32(42)34-19-21-8-2-1-3-9-21)25(18-23-13-7-15-33-29(23)39)36-30(40)26(16-20-10-6-11-20)37-31(41)27-17-22-12-4-5-14-24(22)35-27/h1-5,8-9,12,14,17,20,23,25-26,35H,6-7,10-11,13,15-16,18-19H2,(H,33,39)(H,34,42)(H,36,40)(H,37,41)/t23-,25-,26-/m0/s1. The molecule has 2 aromatic carbocycles. The van der Waals surface area contributed by atoms with Crippen LogP contribution in [0.1, 0.15) is 61.0 Å². The lowest BCUT2D eigenvalue weighted by Gasteiger charge is -2.31. The van der Waals surface area contributed by atoms with Crippen LogP contribution in [0.2, 0.25) is 0 Å². The van der Waals surface area contributed by atoms with E-state index in [9.17, 15) is 24.0 Å². The minimum absolute atomic E-state index is 0.00127. The van der Waals surface area contributed by atoms with Crippen LogP contribution in [-0.4, -0.2) is 53.0 Å². The zero-order chi connectivity index (χ0) is 29.5. The van der Waals surface area contributed by atoms with Crippen molar-refractivity contribution in [3.8, 4) is 0 Å². The van der Waals surface area contributed by atoms with Gasteiger partial charge >= 0.3 is 0 Å². The molecule has 0 radical (unpaired) electrons. The molecule has 1 saturated heterocycles. The van der Waals surface area contributed by atoms with Crippen LogP contribution in [-0.2, 0) is 25.7 Å². The molecule has 2 aliphatic rings. The van der Waals surface area contributed by atoms with Crippen LogP contribution in [0, 0.1) is 11.8 Å². The summed E-state index contributed by atoms with van der Waals surface area (Å²) in [6.45, 7) is 0.710. The predicted octanol–water partition coefficient (Wildman–Crippen LogP) is 2.74. The Kier molecular flexibility index (Phi) is 9.31. The molecule has 0 bridgehead atoms. The lowest BCUT2D eigenvalue weighted by molar-refractivity contribution is -0.141. The molecule has 1 aromatic heterocycles. The van der Waals surface area contributed by atoms with Crippen LogP contribution in [0.3, 0.4) is 0 Å². The molecular weight excluding hydrogens is 534 g/mol. The zero-order valence-corrected chi connectivity index (χ0v) is 23.5. The van der Waals surface area contributed by atoms with Crippen molar-refractivity contribution in [2.75, 3.05) is 6.54 Å². The van der Waals surface area contributed by atoms with Gasteiger partial charge in [0.05, 0.1) is 6.04 Å². The Hall–Kier alpha value is -4.47. The highest BCUT2D eigenvalue weighted by Gasteiger charge is 2.36. The molecule has 0 spiro atoms. The van der Waals surface area contributed by atoms with Crippen molar-refractivity contribution in [2.45, 2.75) is 63.6 Å². The van der Waals surface area contributed by atoms with Crippen molar-refractivity contribution in [3.05, 3.63) is 71.9 Å². The number of aromatic amines is 1. The second kappa shape index (κ2) is 13.5. The number of carbonyl (C=O) groups is 5. The average Bonchev–Trinajstić information content (AvgIpc) is 3.42. The molecule has 0 unspecified atom stereocenters. The number of amides is 4. The summed E-state index contributed by atoms with van der Waals surface area (Å²) in [5.41, 5.74) is 1.96. The van der Waals surface area contributed by atoms with Crippen LogP contribution in [0.4, 0.5) is 0 Å². The van der Waals surface area contributed by atoms with Gasteiger partial charge in [0.15, 0.2) is 0 Å². The molecule has 2 fully saturated rings. The van der Waals surface area contributed by atoms with Crippen LogP contribution >= 0.6 is 0 Å². The summed E-state index contributed by atoms with van der Waals surface area (Å²) in [7, 11) is 0. The predicted molar refractivity (Wildman–Crippen MR) is 157 cm³/mol. The monoisotopic (exact) mass is 571 g/mol. The van der Waals surface area contributed by atoms with Gasteiger partial charge in [-0.15, -0.1) is 0 Å². The fourth-order valence-electron chi connectivity index (χ4n) is 5.60. The van der Waals surface area contributed by atoms with Gasteiger partial charge < -0.3 is 26.3 Å². The van der Waals surface area contributed by atoms with Gasteiger partial charge in [-0.1, -0.05) is 67.8 Å². The third-order valence-electron chi connectivity index (χ3n) is 8.26. The van der Waals surface area contributed by atoms with Gasteiger partial charge in [0, 0.05) is 29.9 Å². The number of fused-ring (bicyclic) bond motifs is 1. The summed E-state index contributed by atoms with van der Waals surface area (Å²) in [5, 5.41) is 11.9. The Morgan fingerprint density at radius 2 is 1.62 bits per heavy atom. The molecule has 220 valence electrons. The Morgan fingerprint density at radius 3 is 2.33 bits per heavy atom. The van der Waals surface area contributed by atoms with Crippen molar-refractivity contribution in [1.82, 2.24) is 26.3 Å². The highest BCUT2D eigenvalue weighted by molar-refractivity contribution is 6.38. The first-order valence-electron chi connectivity index (χ1n) is 14.7. The maximum absolute atomic E-state index is 13.7. The van der Waals surface area contributed by atoms with Crippen molar-refractivity contribution < 1.29 is 24.0 Å². The summed E-state index contributed by atoms with van der Waals surface area (Å²) in [4.78, 5) is 68.8. The molecular formula is C32H37N5O5. The number of nitrogens with one attached hydrogen (secondary N) is 5. The van der Waals surface area contributed by atoms with E-state index in [1.54, 1.807) is 6.07 Å². The number of carbonyl (C=O) groups excluding carboxylic acids is 5. The van der Waals surface area contributed by atoms with E-state index in [-0.39, 0.29) is 24.8 Å².